The second-order valence-corrected chi connectivity index (χ2v) is 5.57. The summed E-state index contributed by atoms with van der Waals surface area (Å²) in [6.07, 6.45) is 8.04. The summed E-state index contributed by atoms with van der Waals surface area (Å²) in [7, 11) is 0. The summed E-state index contributed by atoms with van der Waals surface area (Å²) in [5.41, 5.74) is 5.16. The first-order chi connectivity index (χ1) is 9.92. The molecule has 3 heteroatoms. The van der Waals surface area contributed by atoms with Crippen LogP contribution in [0.1, 0.15) is 42.3 Å². The van der Waals surface area contributed by atoms with E-state index in [9.17, 15) is 0 Å². The molecule has 20 heavy (non-hydrogen) atoms. The molecule has 2 heterocycles. The molecule has 1 aromatic carbocycles. The summed E-state index contributed by atoms with van der Waals surface area (Å²) in [5, 5.41) is 4.29. The lowest BCUT2D eigenvalue weighted by molar-refractivity contribution is 0.0303. The van der Waals surface area contributed by atoms with Crippen LogP contribution in [0.4, 0.5) is 0 Å². The average molecular weight is 266 g/mol. The summed E-state index contributed by atoms with van der Waals surface area (Å²) < 4.78 is 2.29. The van der Waals surface area contributed by atoms with Gasteiger partial charge < -0.3 is 9.40 Å². The molecular weight excluding hydrogens is 248 g/mol. The maximum absolute atomic E-state index is 5.68. The van der Waals surface area contributed by atoms with Crippen molar-refractivity contribution < 1.29 is 4.84 Å². The summed E-state index contributed by atoms with van der Waals surface area (Å²) >= 11 is 0. The highest BCUT2D eigenvalue weighted by molar-refractivity contribution is 6.01. The van der Waals surface area contributed by atoms with E-state index in [1.165, 1.54) is 36.9 Å². The topological polar surface area (TPSA) is 26.5 Å². The van der Waals surface area contributed by atoms with Crippen molar-refractivity contribution in [2.45, 2.75) is 38.3 Å². The molecule has 102 valence electrons. The lowest BCUT2D eigenvalue weighted by atomic mass is 9.98. The zero-order chi connectivity index (χ0) is 13.4. The first-order valence-electron chi connectivity index (χ1n) is 7.38. The Morgan fingerprint density at radius 1 is 1.05 bits per heavy atom. The minimum Gasteiger partial charge on any atom is -0.370 e. The fraction of sp³-hybridized carbons (Fsp3) is 0.353. The van der Waals surface area contributed by atoms with Crippen molar-refractivity contribution in [3.8, 4) is 0 Å². The second-order valence-electron chi connectivity index (χ2n) is 5.57. The fourth-order valence-electron chi connectivity index (χ4n) is 3.23. The van der Waals surface area contributed by atoms with Gasteiger partial charge in [-0.3, -0.25) is 0 Å². The van der Waals surface area contributed by atoms with Crippen molar-refractivity contribution in [3.05, 3.63) is 59.4 Å². The van der Waals surface area contributed by atoms with E-state index in [4.69, 9.17) is 4.84 Å². The van der Waals surface area contributed by atoms with Crippen LogP contribution in [0.15, 0.2) is 47.8 Å². The number of aryl methyl sites for hydroxylation is 1. The highest BCUT2D eigenvalue weighted by atomic mass is 16.7. The summed E-state index contributed by atoms with van der Waals surface area (Å²) in [6.45, 7) is 0. The van der Waals surface area contributed by atoms with E-state index < -0.39 is 0 Å². The predicted octanol–water partition coefficient (Wildman–Crippen LogP) is 3.69. The van der Waals surface area contributed by atoms with Gasteiger partial charge in [0.05, 0.1) is 12.1 Å². The molecule has 1 aliphatic carbocycles. The molecule has 2 aromatic rings. The third kappa shape index (κ3) is 1.94. The second kappa shape index (κ2) is 4.82. The maximum atomic E-state index is 5.68. The Morgan fingerprint density at radius 2 is 1.90 bits per heavy atom. The van der Waals surface area contributed by atoms with Crippen LogP contribution in [0, 0.1) is 0 Å². The molecule has 1 aliphatic heterocycles. The van der Waals surface area contributed by atoms with Crippen LogP contribution in [0.2, 0.25) is 0 Å². The normalized spacial score (nSPS) is 21.2. The Balaban J connectivity index is 1.57. The highest BCUT2D eigenvalue weighted by Gasteiger charge is 2.26. The first-order valence-corrected chi connectivity index (χ1v) is 7.38. The smallest absolute Gasteiger partial charge is 0.209 e. The Morgan fingerprint density at radius 3 is 2.80 bits per heavy atom. The van der Waals surface area contributed by atoms with E-state index in [0.717, 1.165) is 17.7 Å². The van der Waals surface area contributed by atoms with E-state index in [1.54, 1.807) is 0 Å². The van der Waals surface area contributed by atoms with Crippen LogP contribution in [0.5, 0.6) is 0 Å². The van der Waals surface area contributed by atoms with Gasteiger partial charge in [-0.25, -0.2) is 0 Å². The molecular formula is C17H18N2O. The molecule has 0 spiro atoms. The van der Waals surface area contributed by atoms with Crippen LogP contribution < -0.4 is 0 Å². The monoisotopic (exact) mass is 266 g/mol. The van der Waals surface area contributed by atoms with E-state index in [0.29, 0.717) is 0 Å². The number of oxime groups is 1. The van der Waals surface area contributed by atoms with Crippen molar-refractivity contribution in [2.24, 2.45) is 5.16 Å². The number of aromatic nitrogens is 1. The summed E-state index contributed by atoms with van der Waals surface area (Å²) in [6, 6.07) is 12.6. The van der Waals surface area contributed by atoms with Gasteiger partial charge in [0.25, 0.3) is 0 Å². The molecule has 0 radical (unpaired) electrons. The van der Waals surface area contributed by atoms with Crippen LogP contribution in [0.25, 0.3) is 0 Å². The molecule has 0 saturated heterocycles. The molecule has 3 nitrogen and oxygen atoms in total. The quantitative estimate of drug-likeness (QED) is 0.814. The van der Waals surface area contributed by atoms with Gasteiger partial charge in [-0.15, -0.1) is 0 Å². The molecule has 1 unspecified atom stereocenters. The van der Waals surface area contributed by atoms with E-state index in [2.05, 4.69) is 34.1 Å². The molecule has 0 N–H and O–H groups in total. The number of benzene rings is 1. The maximum Gasteiger partial charge on any atom is 0.209 e. The standard InChI is InChI=1S/C17H18N2O/c1-2-6-13(7-3-1)15-12-17(20-18-15)19-11-10-14-8-4-5-9-16(14)19/h1-3,6-7,10-11,17H,4-5,8-9,12H2. The number of hydrogen-bond acceptors (Lipinski definition) is 2. The van der Waals surface area contributed by atoms with Gasteiger partial charge in [0.15, 0.2) is 0 Å². The van der Waals surface area contributed by atoms with Crippen LogP contribution in [-0.4, -0.2) is 10.3 Å². The number of rotatable bonds is 2. The van der Waals surface area contributed by atoms with Crippen molar-refractivity contribution in [1.29, 1.82) is 0 Å². The lowest BCUT2D eigenvalue weighted by Gasteiger charge is -2.18. The minimum absolute atomic E-state index is 0.0343. The Hall–Kier alpha value is -2.03. The van der Waals surface area contributed by atoms with Gasteiger partial charge in [-0.05, 0) is 42.9 Å². The molecule has 0 fully saturated rings. The molecule has 2 aliphatic rings. The third-order valence-electron chi connectivity index (χ3n) is 4.30. The van der Waals surface area contributed by atoms with Crippen molar-refractivity contribution in [3.63, 3.8) is 0 Å². The highest BCUT2D eigenvalue weighted by Crippen LogP contribution is 2.30. The fourth-order valence-corrected chi connectivity index (χ4v) is 3.23. The molecule has 0 saturated carbocycles. The van der Waals surface area contributed by atoms with Crippen molar-refractivity contribution in [2.75, 3.05) is 0 Å². The van der Waals surface area contributed by atoms with Gasteiger partial charge in [0.2, 0.25) is 6.23 Å². The zero-order valence-corrected chi connectivity index (χ0v) is 11.5. The minimum atomic E-state index is 0.0343. The van der Waals surface area contributed by atoms with Gasteiger partial charge in [-0.1, -0.05) is 35.5 Å². The van der Waals surface area contributed by atoms with Gasteiger partial charge >= 0.3 is 0 Å². The molecule has 4 rings (SSSR count). The third-order valence-corrected chi connectivity index (χ3v) is 4.30. The zero-order valence-electron chi connectivity index (χ0n) is 11.5. The summed E-state index contributed by atoms with van der Waals surface area (Å²) in [4.78, 5) is 5.68. The van der Waals surface area contributed by atoms with E-state index in [-0.39, 0.29) is 6.23 Å². The van der Waals surface area contributed by atoms with Crippen LogP contribution >= 0.6 is 0 Å². The lowest BCUT2D eigenvalue weighted by Crippen LogP contribution is -2.14. The van der Waals surface area contributed by atoms with E-state index in [1.807, 2.05) is 18.2 Å². The Labute approximate surface area is 118 Å². The predicted molar refractivity (Wildman–Crippen MR) is 78.8 cm³/mol. The SMILES string of the molecule is c1ccc(C2=NOC(n3ccc4c3CCCC4)C2)cc1. The Kier molecular flexibility index (Phi) is 2.84. The largest absolute Gasteiger partial charge is 0.370 e. The van der Waals surface area contributed by atoms with Gasteiger partial charge in [-0.2, -0.15) is 0 Å². The molecule has 1 aromatic heterocycles. The first kappa shape index (κ1) is 11.8. The van der Waals surface area contributed by atoms with Crippen LogP contribution in [0.3, 0.4) is 0 Å². The van der Waals surface area contributed by atoms with Gasteiger partial charge in [0.1, 0.15) is 0 Å². The average Bonchev–Trinajstić information content (AvgIpc) is 3.14. The number of nitrogens with zero attached hydrogens (tertiary/aromatic N) is 2. The molecule has 0 amide bonds. The molecule has 1 atom stereocenters. The number of hydrogen-bond donors (Lipinski definition) is 0. The van der Waals surface area contributed by atoms with Gasteiger partial charge in [0, 0.05) is 11.9 Å². The molecule has 0 bridgehead atoms. The van der Waals surface area contributed by atoms with Crippen molar-refractivity contribution >= 4 is 5.71 Å². The Bertz CT molecular complexity index is 642. The summed E-state index contributed by atoms with van der Waals surface area (Å²) in [5.74, 6) is 0. The van der Waals surface area contributed by atoms with Crippen LogP contribution in [-0.2, 0) is 17.7 Å². The van der Waals surface area contributed by atoms with E-state index >= 15 is 0 Å². The number of fused-ring (bicyclic) bond motifs is 1. The van der Waals surface area contributed by atoms with Crippen molar-refractivity contribution in [1.82, 2.24) is 4.57 Å².